The highest BCUT2D eigenvalue weighted by molar-refractivity contribution is 4.93. The monoisotopic (exact) mass is 269 g/mol. The molecule has 112 valence electrons. The Morgan fingerprint density at radius 2 is 1.79 bits per heavy atom. The average molecular weight is 269 g/mol. The number of aliphatic hydroxyl groups excluding tert-OH is 1. The molecule has 0 spiro atoms. The van der Waals surface area contributed by atoms with E-state index in [0.29, 0.717) is 29.5 Å². The molecule has 1 saturated heterocycles. The van der Waals surface area contributed by atoms with Gasteiger partial charge in [0, 0.05) is 18.7 Å². The van der Waals surface area contributed by atoms with Crippen LogP contribution in [-0.2, 0) is 4.74 Å². The van der Waals surface area contributed by atoms with Gasteiger partial charge in [-0.05, 0) is 51.0 Å². The number of likely N-dealkylation sites (N-methyl/N-ethyl adjacent to an activating group) is 1. The van der Waals surface area contributed by atoms with Crippen LogP contribution in [0.25, 0.3) is 0 Å². The summed E-state index contributed by atoms with van der Waals surface area (Å²) in [5.74, 6) is 0.709. The van der Waals surface area contributed by atoms with Gasteiger partial charge in [0.1, 0.15) is 0 Å². The quantitative estimate of drug-likeness (QED) is 0.836. The van der Waals surface area contributed by atoms with Gasteiger partial charge < -0.3 is 9.84 Å². The zero-order valence-corrected chi connectivity index (χ0v) is 13.2. The third kappa shape index (κ3) is 3.32. The maximum atomic E-state index is 10.4. The van der Waals surface area contributed by atoms with Crippen LogP contribution in [0, 0.1) is 11.3 Å². The van der Waals surface area contributed by atoms with Gasteiger partial charge in [-0.2, -0.15) is 0 Å². The third-order valence-electron chi connectivity index (χ3n) is 5.39. The Labute approximate surface area is 118 Å². The molecule has 19 heavy (non-hydrogen) atoms. The van der Waals surface area contributed by atoms with Gasteiger partial charge in [0.05, 0.1) is 12.2 Å². The standard InChI is InChI=1S/C16H31NO2/c1-11-13(8-9-19-11)17(5)14-10-12(16(2,3)4)6-7-15(14)18/h11-15,18H,6-10H2,1-5H3. The van der Waals surface area contributed by atoms with E-state index in [4.69, 9.17) is 4.74 Å². The molecule has 1 aliphatic carbocycles. The zero-order chi connectivity index (χ0) is 14.2. The Bertz CT molecular complexity index is 300. The summed E-state index contributed by atoms with van der Waals surface area (Å²) in [4.78, 5) is 2.40. The fourth-order valence-corrected chi connectivity index (χ4v) is 3.86. The van der Waals surface area contributed by atoms with E-state index in [1.165, 1.54) is 0 Å². The predicted octanol–water partition coefficient (Wildman–Crippen LogP) is 2.67. The summed E-state index contributed by atoms with van der Waals surface area (Å²) in [6.45, 7) is 10.0. The first-order valence-electron chi connectivity index (χ1n) is 7.82. The first kappa shape index (κ1) is 15.3. The molecule has 3 heteroatoms. The van der Waals surface area contributed by atoms with Gasteiger partial charge >= 0.3 is 0 Å². The lowest BCUT2D eigenvalue weighted by Crippen LogP contribution is -2.52. The summed E-state index contributed by atoms with van der Waals surface area (Å²) in [5.41, 5.74) is 0.344. The van der Waals surface area contributed by atoms with Crippen molar-refractivity contribution >= 4 is 0 Å². The second kappa shape index (κ2) is 5.71. The van der Waals surface area contributed by atoms with E-state index in [0.717, 1.165) is 32.3 Å². The molecule has 0 aromatic heterocycles. The molecule has 0 aromatic rings. The van der Waals surface area contributed by atoms with Gasteiger partial charge in [0.2, 0.25) is 0 Å². The molecule has 1 N–H and O–H groups in total. The van der Waals surface area contributed by atoms with Gasteiger partial charge in [-0.15, -0.1) is 0 Å². The molecule has 2 rings (SSSR count). The second-order valence-electron chi connectivity index (χ2n) is 7.61. The summed E-state index contributed by atoms with van der Waals surface area (Å²) >= 11 is 0. The molecule has 2 fully saturated rings. The number of rotatable bonds is 2. The number of nitrogens with zero attached hydrogens (tertiary/aromatic N) is 1. The highest BCUT2D eigenvalue weighted by atomic mass is 16.5. The van der Waals surface area contributed by atoms with Crippen molar-refractivity contribution in [3.05, 3.63) is 0 Å². The molecular formula is C16H31NO2. The molecule has 0 aromatic carbocycles. The summed E-state index contributed by atoms with van der Waals surface area (Å²) in [5, 5.41) is 10.4. The number of hydrogen-bond donors (Lipinski definition) is 1. The van der Waals surface area contributed by atoms with Crippen molar-refractivity contribution in [2.24, 2.45) is 11.3 Å². The second-order valence-corrected chi connectivity index (χ2v) is 7.61. The van der Waals surface area contributed by atoms with Gasteiger partial charge in [-0.1, -0.05) is 20.8 Å². The van der Waals surface area contributed by atoms with Crippen molar-refractivity contribution in [1.29, 1.82) is 0 Å². The van der Waals surface area contributed by atoms with Gasteiger partial charge in [-0.25, -0.2) is 0 Å². The van der Waals surface area contributed by atoms with E-state index >= 15 is 0 Å². The summed E-state index contributed by atoms with van der Waals surface area (Å²) in [6, 6.07) is 0.769. The van der Waals surface area contributed by atoms with Crippen molar-refractivity contribution < 1.29 is 9.84 Å². The van der Waals surface area contributed by atoms with E-state index in [2.05, 4.69) is 39.6 Å². The van der Waals surface area contributed by atoms with Crippen LogP contribution in [0.5, 0.6) is 0 Å². The number of ether oxygens (including phenoxy) is 1. The SMILES string of the molecule is CC1OCCC1N(C)C1CC(C(C)(C)C)CCC1O. The summed E-state index contributed by atoms with van der Waals surface area (Å²) in [6.07, 6.45) is 4.44. The van der Waals surface area contributed by atoms with Gasteiger partial charge in [-0.3, -0.25) is 4.90 Å². The zero-order valence-electron chi connectivity index (χ0n) is 13.2. The van der Waals surface area contributed by atoms with Crippen LogP contribution >= 0.6 is 0 Å². The lowest BCUT2D eigenvalue weighted by molar-refractivity contribution is -0.0330. The highest BCUT2D eigenvalue weighted by Crippen LogP contribution is 2.40. The van der Waals surface area contributed by atoms with Crippen molar-refractivity contribution in [2.45, 2.75) is 77.7 Å². The topological polar surface area (TPSA) is 32.7 Å². The van der Waals surface area contributed by atoms with Crippen molar-refractivity contribution in [2.75, 3.05) is 13.7 Å². The molecule has 0 radical (unpaired) electrons. The molecule has 0 amide bonds. The van der Waals surface area contributed by atoms with E-state index in [1.54, 1.807) is 0 Å². The minimum Gasteiger partial charge on any atom is -0.391 e. The largest absolute Gasteiger partial charge is 0.391 e. The molecular weight excluding hydrogens is 238 g/mol. The Morgan fingerprint density at radius 3 is 2.32 bits per heavy atom. The highest BCUT2D eigenvalue weighted by Gasteiger charge is 2.40. The van der Waals surface area contributed by atoms with E-state index in [1.807, 2.05) is 0 Å². The average Bonchev–Trinajstić information content (AvgIpc) is 2.73. The minimum absolute atomic E-state index is 0.170. The molecule has 3 nitrogen and oxygen atoms in total. The Balaban J connectivity index is 2.04. The first-order valence-corrected chi connectivity index (χ1v) is 7.82. The van der Waals surface area contributed by atoms with Crippen LogP contribution in [0.15, 0.2) is 0 Å². The Morgan fingerprint density at radius 1 is 1.11 bits per heavy atom. The van der Waals surface area contributed by atoms with Gasteiger partial charge in [0.25, 0.3) is 0 Å². The fourth-order valence-electron chi connectivity index (χ4n) is 3.86. The molecule has 5 unspecified atom stereocenters. The third-order valence-corrected chi connectivity index (χ3v) is 5.39. The molecule has 1 aliphatic heterocycles. The van der Waals surface area contributed by atoms with Crippen LogP contribution in [0.3, 0.4) is 0 Å². The Hall–Kier alpha value is -0.120. The van der Waals surface area contributed by atoms with E-state index < -0.39 is 0 Å². The molecule has 1 heterocycles. The number of aliphatic hydroxyl groups is 1. The summed E-state index contributed by atoms with van der Waals surface area (Å²) in [7, 11) is 2.18. The van der Waals surface area contributed by atoms with Crippen LogP contribution in [0.1, 0.15) is 53.4 Å². The maximum absolute atomic E-state index is 10.4. The van der Waals surface area contributed by atoms with Crippen LogP contribution in [0.4, 0.5) is 0 Å². The molecule has 1 saturated carbocycles. The van der Waals surface area contributed by atoms with E-state index in [9.17, 15) is 5.11 Å². The first-order chi connectivity index (χ1) is 8.80. The molecule has 0 bridgehead atoms. The van der Waals surface area contributed by atoms with Crippen molar-refractivity contribution in [3.63, 3.8) is 0 Å². The Kier molecular flexibility index (Phi) is 4.59. The maximum Gasteiger partial charge on any atom is 0.0703 e. The van der Waals surface area contributed by atoms with Gasteiger partial charge in [0.15, 0.2) is 0 Å². The normalized spacial score (nSPS) is 40.9. The molecule has 5 atom stereocenters. The minimum atomic E-state index is -0.170. The molecule has 2 aliphatic rings. The number of hydrogen-bond acceptors (Lipinski definition) is 3. The lowest BCUT2D eigenvalue weighted by atomic mass is 9.70. The van der Waals surface area contributed by atoms with Crippen LogP contribution in [-0.4, -0.2) is 48.0 Å². The van der Waals surface area contributed by atoms with E-state index in [-0.39, 0.29) is 6.10 Å². The summed E-state index contributed by atoms with van der Waals surface area (Å²) < 4.78 is 5.68. The predicted molar refractivity (Wildman–Crippen MR) is 78.2 cm³/mol. The smallest absolute Gasteiger partial charge is 0.0703 e. The van der Waals surface area contributed by atoms with Crippen molar-refractivity contribution in [1.82, 2.24) is 4.90 Å². The van der Waals surface area contributed by atoms with Crippen molar-refractivity contribution in [3.8, 4) is 0 Å². The van der Waals surface area contributed by atoms with Crippen LogP contribution in [0.2, 0.25) is 0 Å². The van der Waals surface area contributed by atoms with Crippen LogP contribution < -0.4 is 0 Å². The fraction of sp³-hybridized carbons (Fsp3) is 1.00. The lowest BCUT2D eigenvalue weighted by Gasteiger charge is -2.45.